The van der Waals surface area contributed by atoms with E-state index in [-0.39, 0.29) is 12.6 Å². The molecule has 1 atom stereocenters. The third-order valence-corrected chi connectivity index (χ3v) is 2.59. The number of nitrogens with one attached hydrogen (secondary N) is 1. The van der Waals surface area contributed by atoms with Crippen LogP contribution in [0, 0.1) is 12.8 Å². The Bertz CT molecular complexity index is 383. The number of hydrogen-bond donors (Lipinski definition) is 2. The minimum absolute atomic E-state index is 0.0270. The summed E-state index contributed by atoms with van der Waals surface area (Å²) in [5.74, 6) is 1.61. The largest absolute Gasteiger partial charge is 0.478 e. The van der Waals surface area contributed by atoms with E-state index >= 15 is 0 Å². The van der Waals surface area contributed by atoms with Crippen LogP contribution in [0.25, 0.3) is 0 Å². The van der Waals surface area contributed by atoms with Gasteiger partial charge in [-0.25, -0.2) is 4.98 Å². The van der Waals surface area contributed by atoms with Crippen LogP contribution in [0.1, 0.15) is 39.3 Å². The van der Waals surface area contributed by atoms with E-state index in [1.165, 1.54) is 0 Å². The molecular formula is C14H25N3O2. The first-order valence-corrected chi connectivity index (χ1v) is 6.91. The average Bonchev–Trinajstić information content (AvgIpc) is 2.34. The van der Waals surface area contributed by atoms with Gasteiger partial charge >= 0.3 is 0 Å². The van der Waals surface area contributed by atoms with E-state index in [1.807, 2.05) is 13.0 Å². The third-order valence-electron chi connectivity index (χ3n) is 2.59. The van der Waals surface area contributed by atoms with E-state index < -0.39 is 0 Å². The van der Waals surface area contributed by atoms with Crippen molar-refractivity contribution in [2.45, 2.75) is 46.6 Å². The molecule has 0 bridgehead atoms. The van der Waals surface area contributed by atoms with Gasteiger partial charge < -0.3 is 15.2 Å². The fourth-order valence-corrected chi connectivity index (χ4v) is 1.82. The Hall–Kier alpha value is -1.36. The Balaban J connectivity index is 2.73. The maximum atomic E-state index is 9.37. The van der Waals surface area contributed by atoms with Gasteiger partial charge in [-0.1, -0.05) is 20.8 Å². The number of anilines is 1. The highest BCUT2D eigenvalue weighted by atomic mass is 16.5. The lowest BCUT2D eigenvalue weighted by molar-refractivity contribution is 0.258. The van der Waals surface area contributed by atoms with E-state index in [0.29, 0.717) is 24.4 Å². The molecule has 1 rings (SSSR count). The molecule has 2 N–H and O–H groups in total. The summed E-state index contributed by atoms with van der Waals surface area (Å²) in [5.41, 5.74) is 0.852. The van der Waals surface area contributed by atoms with Gasteiger partial charge in [0.1, 0.15) is 0 Å². The van der Waals surface area contributed by atoms with Crippen LogP contribution in [0.3, 0.4) is 0 Å². The van der Waals surface area contributed by atoms with Gasteiger partial charge in [0, 0.05) is 11.8 Å². The molecular weight excluding hydrogens is 242 g/mol. The van der Waals surface area contributed by atoms with E-state index in [0.717, 1.165) is 18.5 Å². The highest BCUT2D eigenvalue weighted by Crippen LogP contribution is 2.15. The maximum absolute atomic E-state index is 9.37. The molecule has 1 unspecified atom stereocenters. The first-order valence-electron chi connectivity index (χ1n) is 6.91. The Labute approximate surface area is 115 Å². The van der Waals surface area contributed by atoms with Gasteiger partial charge in [0.05, 0.1) is 19.3 Å². The van der Waals surface area contributed by atoms with Crippen molar-refractivity contribution in [3.05, 3.63) is 11.8 Å². The maximum Gasteiger partial charge on any atom is 0.226 e. The highest BCUT2D eigenvalue weighted by molar-refractivity contribution is 5.31. The van der Waals surface area contributed by atoms with Crippen molar-refractivity contribution < 1.29 is 9.84 Å². The van der Waals surface area contributed by atoms with Crippen molar-refractivity contribution in [3.8, 4) is 5.88 Å². The fraction of sp³-hybridized carbons (Fsp3) is 0.714. The van der Waals surface area contributed by atoms with Gasteiger partial charge in [0.2, 0.25) is 11.8 Å². The molecule has 0 aliphatic carbocycles. The molecule has 0 aliphatic rings. The van der Waals surface area contributed by atoms with Crippen LogP contribution in [0.2, 0.25) is 0 Å². The van der Waals surface area contributed by atoms with Gasteiger partial charge in [0.15, 0.2) is 0 Å². The molecule has 1 aromatic rings. The Kier molecular flexibility index (Phi) is 6.56. The molecule has 0 aliphatic heterocycles. The topological polar surface area (TPSA) is 67.3 Å². The normalized spacial score (nSPS) is 12.5. The first kappa shape index (κ1) is 15.7. The second-order valence-corrected chi connectivity index (χ2v) is 5.17. The SMILES string of the molecule is CCCOc1cc(C)nc(NC(CO)CC(C)C)n1. The zero-order chi connectivity index (χ0) is 14.3. The summed E-state index contributed by atoms with van der Waals surface area (Å²) in [6.45, 7) is 8.92. The van der Waals surface area contributed by atoms with E-state index in [1.54, 1.807) is 0 Å². The second-order valence-electron chi connectivity index (χ2n) is 5.17. The van der Waals surface area contributed by atoms with Crippen molar-refractivity contribution >= 4 is 5.95 Å². The Morgan fingerprint density at radius 3 is 2.68 bits per heavy atom. The van der Waals surface area contributed by atoms with Crippen molar-refractivity contribution in [2.75, 3.05) is 18.5 Å². The summed E-state index contributed by atoms with van der Waals surface area (Å²) in [7, 11) is 0. The number of aliphatic hydroxyl groups is 1. The number of rotatable bonds is 8. The van der Waals surface area contributed by atoms with Gasteiger partial charge in [-0.3, -0.25) is 0 Å². The van der Waals surface area contributed by atoms with Gasteiger partial charge in [-0.15, -0.1) is 0 Å². The smallest absolute Gasteiger partial charge is 0.226 e. The summed E-state index contributed by atoms with van der Waals surface area (Å²) in [6.07, 6.45) is 1.82. The third kappa shape index (κ3) is 5.87. The van der Waals surface area contributed by atoms with Crippen molar-refractivity contribution in [1.82, 2.24) is 9.97 Å². The van der Waals surface area contributed by atoms with Crippen molar-refractivity contribution in [3.63, 3.8) is 0 Å². The summed E-state index contributed by atoms with van der Waals surface area (Å²) < 4.78 is 5.52. The van der Waals surface area contributed by atoms with Crippen LogP contribution in [0.4, 0.5) is 5.95 Å². The summed E-state index contributed by atoms with van der Waals surface area (Å²) in [6, 6.07) is 1.79. The van der Waals surface area contributed by atoms with Gasteiger partial charge in [-0.2, -0.15) is 4.98 Å². The van der Waals surface area contributed by atoms with Gasteiger partial charge in [-0.05, 0) is 25.7 Å². The second kappa shape index (κ2) is 7.94. The highest BCUT2D eigenvalue weighted by Gasteiger charge is 2.12. The van der Waals surface area contributed by atoms with E-state index in [4.69, 9.17) is 4.74 Å². The Morgan fingerprint density at radius 2 is 2.11 bits per heavy atom. The number of nitrogens with zero attached hydrogens (tertiary/aromatic N) is 2. The predicted molar refractivity (Wildman–Crippen MR) is 76.5 cm³/mol. The number of aromatic nitrogens is 2. The molecule has 0 saturated carbocycles. The molecule has 0 radical (unpaired) electrons. The van der Waals surface area contributed by atoms with Crippen LogP contribution >= 0.6 is 0 Å². The van der Waals surface area contributed by atoms with Gasteiger partial charge in [0.25, 0.3) is 0 Å². The lowest BCUT2D eigenvalue weighted by Gasteiger charge is -2.18. The molecule has 19 heavy (non-hydrogen) atoms. The zero-order valence-corrected chi connectivity index (χ0v) is 12.3. The van der Waals surface area contributed by atoms with Crippen LogP contribution in [0.5, 0.6) is 5.88 Å². The fourth-order valence-electron chi connectivity index (χ4n) is 1.82. The van der Waals surface area contributed by atoms with Crippen LogP contribution < -0.4 is 10.1 Å². The summed E-state index contributed by atoms with van der Waals surface area (Å²) >= 11 is 0. The molecule has 5 nitrogen and oxygen atoms in total. The van der Waals surface area contributed by atoms with Crippen LogP contribution in [0.15, 0.2) is 6.07 Å². The predicted octanol–water partition coefficient (Wildman–Crippen LogP) is 2.39. The molecule has 1 aromatic heterocycles. The zero-order valence-electron chi connectivity index (χ0n) is 12.3. The molecule has 0 spiro atoms. The summed E-state index contributed by atoms with van der Waals surface area (Å²) in [5, 5.41) is 12.5. The molecule has 0 fully saturated rings. The lowest BCUT2D eigenvalue weighted by Crippen LogP contribution is -2.26. The minimum atomic E-state index is -0.0270. The molecule has 5 heteroatoms. The first-order chi connectivity index (χ1) is 9.05. The Morgan fingerprint density at radius 1 is 1.37 bits per heavy atom. The standard InChI is InChI=1S/C14H25N3O2/c1-5-6-19-13-8-11(4)15-14(17-13)16-12(9-18)7-10(2)3/h8,10,12,18H,5-7,9H2,1-4H3,(H,15,16,17). The van der Waals surface area contributed by atoms with Crippen molar-refractivity contribution in [2.24, 2.45) is 5.92 Å². The molecule has 0 aromatic carbocycles. The lowest BCUT2D eigenvalue weighted by atomic mass is 10.0. The van der Waals surface area contributed by atoms with Crippen molar-refractivity contribution in [1.29, 1.82) is 0 Å². The molecule has 0 saturated heterocycles. The monoisotopic (exact) mass is 267 g/mol. The molecule has 0 amide bonds. The quantitative estimate of drug-likeness (QED) is 0.757. The van der Waals surface area contributed by atoms with E-state index in [9.17, 15) is 5.11 Å². The number of hydrogen-bond acceptors (Lipinski definition) is 5. The summed E-state index contributed by atoms with van der Waals surface area (Å²) in [4.78, 5) is 8.63. The average molecular weight is 267 g/mol. The van der Waals surface area contributed by atoms with Crippen LogP contribution in [-0.2, 0) is 0 Å². The van der Waals surface area contributed by atoms with Crippen LogP contribution in [-0.4, -0.2) is 34.3 Å². The molecule has 108 valence electrons. The number of aliphatic hydroxyl groups excluding tert-OH is 1. The minimum Gasteiger partial charge on any atom is -0.478 e. The van der Waals surface area contributed by atoms with E-state index in [2.05, 4.69) is 36.1 Å². The molecule has 1 heterocycles. The number of aryl methyl sites for hydroxylation is 1. The number of ether oxygens (including phenoxy) is 1.